The molecule has 0 saturated heterocycles. The van der Waals surface area contributed by atoms with Crippen molar-refractivity contribution in [3.63, 3.8) is 0 Å². The van der Waals surface area contributed by atoms with Crippen molar-refractivity contribution in [3.05, 3.63) is 53.3 Å². The van der Waals surface area contributed by atoms with Gasteiger partial charge in [-0.3, -0.25) is 9.48 Å². The van der Waals surface area contributed by atoms with E-state index in [1.54, 1.807) is 11.9 Å². The molecule has 1 aromatic carbocycles. The summed E-state index contributed by atoms with van der Waals surface area (Å²) in [6.45, 7) is 5.42. The molecule has 2 aromatic rings. The zero-order chi connectivity index (χ0) is 13.8. The fourth-order valence-corrected chi connectivity index (χ4v) is 1.90. The lowest BCUT2D eigenvalue weighted by molar-refractivity contribution is 0.0783. The minimum absolute atomic E-state index is 0.0195. The summed E-state index contributed by atoms with van der Waals surface area (Å²) in [6.07, 6.45) is 1.93. The van der Waals surface area contributed by atoms with Gasteiger partial charge in [-0.2, -0.15) is 5.10 Å². The number of benzene rings is 1. The van der Waals surface area contributed by atoms with Crippen molar-refractivity contribution in [1.82, 2.24) is 14.7 Å². The lowest BCUT2D eigenvalue weighted by atomic mass is 10.1. The van der Waals surface area contributed by atoms with Crippen molar-refractivity contribution in [2.24, 2.45) is 0 Å². The quantitative estimate of drug-likeness (QED) is 0.844. The Hall–Kier alpha value is -2.10. The molecule has 4 nitrogen and oxygen atoms in total. The van der Waals surface area contributed by atoms with Gasteiger partial charge in [0, 0.05) is 25.4 Å². The topological polar surface area (TPSA) is 38.1 Å². The molecule has 1 amide bonds. The first-order valence-electron chi connectivity index (χ1n) is 6.44. The van der Waals surface area contributed by atoms with Crippen LogP contribution < -0.4 is 0 Å². The minimum atomic E-state index is 0.0195. The molecule has 0 N–H and O–H groups in total. The lowest BCUT2D eigenvalue weighted by Crippen LogP contribution is -2.26. The monoisotopic (exact) mass is 257 g/mol. The Labute approximate surface area is 113 Å². The van der Waals surface area contributed by atoms with Gasteiger partial charge in [-0.25, -0.2) is 0 Å². The second-order valence-corrected chi connectivity index (χ2v) is 4.69. The molecule has 0 radical (unpaired) electrons. The van der Waals surface area contributed by atoms with E-state index < -0.39 is 0 Å². The van der Waals surface area contributed by atoms with Gasteiger partial charge in [0.2, 0.25) is 0 Å². The zero-order valence-corrected chi connectivity index (χ0v) is 11.6. The number of aryl methyl sites for hydroxylation is 2. The fourth-order valence-electron chi connectivity index (χ4n) is 1.90. The Kier molecular flexibility index (Phi) is 4.00. The van der Waals surface area contributed by atoms with Crippen LogP contribution in [-0.2, 0) is 13.1 Å². The molecule has 0 aliphatic rings. The average molecular weight is 257 g/mol. The van der Waals surface area contributed by atoms with Gasteiger partial charge in [0.25, 0.3) is 5.91 Å². The van der Waals surface area contributed by atoms with E-state index in [0.717, 1.165) is 17.8 Å². The number of nitrogens with zero attached hydrogens (tertiary/aromatic N) is 3. The molecule has 0 aliphatic carbocycles. The summed E-state index contributed by atoms with van der Waals surface area (Å²) in [5.74, 6) is 0.0195. The highest BCUT2D eigenvalue weighted by Crippen LogP contribution is 2.08. The second kappa shape index (κ2) is 5.69. The van der Waals surface area contributed by atoms with Gasteiger partial charge in [0.15, 0.2) is 0 Å². The van der Waals surface area contributed by atoms with Crippen molar-refractivity contribution in [3.8, 4) is 0 Å². The maximum atomic E-state index is 12.2. The molecule has 1 heterocycles. The van der Waals surface area contributed by atoms with E-state index in [4.69, 9.17) is 0 Å². The first kappa shape index (κ1) is 13.3. The predicted octanol–water partition coefficient (Wildman–Crippen LogP) is 2.48. The third kappa shape index (κ3) is 3.22. The van der Waals surface area contributed by atoms with Crippen LogP contribution in [-0.4, -0.2) is 27.6 Å². The zero-order valence-electron chi connectivity index (χ0n) is 11.6. The highest BCUT2D eigenvalue weighted by Gasteiger charge is 2.12. The maximum Gasteiger partial charge on any atom is 0.253 e. The second-order valence-electron chi connectivity index (χ2n) is 4.69. The Morgan fingerprint density at radius 2 is 1.95 bits per heavy atom. The third-order valence-corrected chi connectivity index (χ3v) is 3.06. The van der Waals surface area contributed by atoms with Crippen LogP contribution in [0.1, 0.15) is 28.5 Å². The number of rotatable bonds is 4. The summed E-state index contributed by atoms with van der Waals surface area (Å²) in [6, 6.07) is 9.57. The van der Waals surface area contributed by atoms with Gasteiger partial charge >= 0.3 is 0 Å². The van der Waals surface area contributed by atoms with Gasteiger partial charge in [-0.1, -0.05) is 17.7 Å². The van der Waals surface area contributed by atoms with E-state index in [2.05, 4.69) is 5.10 Å². The van der Waals surface area contributed by atoms with Crippen molar-refractivity contribution >= 4 is 5.91 Å². The number of hydrogen-bond acceptors (Lipinski definition) is 2. The molecule has 0 unspecified atom stereocenters. The van der Waals surface area contributed by atoms with Gasteiger partial charge in [0.05, 0.1) is 12.2 Å². The molecule has 100 valence electrons. The highest BCUT2D eigenvalue weighted by atomic mass is 16.2. The van der Waals surface area contributed by atoms with Gasteiger partial charge in [0.1, 0.15) is 0 Å². The van der Waals surface area contributed by atoms with Crippen LogP contribution in [0.4, 0.5) is 0 Å². The third-order valence-electron chi connectivity index (χ3n) is 3.06. The molecule has 0 bridgehead atoms. The van der Waals surface area contributed by atoms with Crippen LogP contribution in [0.3, 0.4) is 0 Å². The number of aromatic nitrogens is 2. The fraction of sp³-hybridized carbons (Fsp3) is 0.333. The van der Waals surface area contributed by atoms with Gasteiger partial charge < -0.3 is 4.90 Å². The summed E-state index contributed by atoms with van der Waals surface area (Å²) in [5, 5.41) is 4.38. The standard InChI is InChI=1S/C15H19N3O/c1-4-18-10-9-14(16-18)11-17(3)15(19)13-7-5-12(2)6-8-13/h5-10H,4,11H2,1-3H3. The Morgan fingerprint density at radius 1 is 1.26 bits per heavy atom. The molecule has 2 rings (SSSR count). The number of carbonyl (C=O) groups is 1. The van der Waals surface area contributed by atoms with E-state index in [0.29, 0.717) is 12.1 Å². The predicted molar refractivity (Wildman–Crippen MR) is 74.9 cm³/mol. The minimum Gasteiger partial charge on any atom is -0.336 e. The summed E-state index contributed by atoms with van der Waals surface area (Å²) < 4.78 is 1.86. The smallest absolute Gasteiger partial charge is 0.253 e. The summed E-state index contributed by atoms with van der Waals surface area (Å²) in [5.41, 5.74) is 2.77. The maximum absolute atomic E-state index is 12.2. The number of amides is 1. The van der Waals surface area contributed by atoms with E-state index in [9.17, 15) is 4.79 Å². The van der Waals surface area contributed by atoms with Crippen LogP contribution in [0.15, 0.2) is 36.5 Å². The Bertz CT molecular complexity index is 557. The largest absolute Gasteiger partial charge is 0.336 e. The van der Waals surface area contributed by atoms with Crippen molar-refractivity contribution < 1.29 is 4.79 Å². The van der Waals surface area contributed by atoms with E-state index in [1.807, 2.05) is 55.1 Å². The molecule has 0 aliphatic heterocycles. The molecule has 4 heteroatoms. The molecule has 0 fully saturated rings. The normalized spacial score (nSPS) is 10.5. The average Bonchev–Trinajstić information content (AvgIpc) is 2.86. The molecule has 0 spiro atoms. The highest BCUT2D eigenvalue weighted by molar-refractivity contribution is 5.94. The van der Waals surface area contributed by atoms with E-state index in [-0.39, 0.29) is 5.91 Å². The number of carbonyl (C=O) groups excluding carboxylic acids is 1. The lowest BCUT2D eigenvalue weighted by Gasteiger charge is -2.16. The molecular formula is C15H19N3O. The van der Waals surface area contributed by atoms with E-state index in [1.165, 1.54) is 0 Å². The van der Waals surface area contributed by atoms with Crippen LogP contribution in [0.5, 0.6) is 0 Å². The van der Waals surface area contributed by atoms with Crippen LogP contribution in [0, 0.1) is 6.92 Å². The molecule has 19 heavy (non-hydrogen) atoms. The van der Waals surface area contributed by atoms with Crippen LogP contribution in [0.2, 0.25) is 0 Å². The van der Waals surface area contributed by atoms with Crippen molar-refractivity contribution in [2.75, 3.05) is 7.05 Å². The molecule has 0 saturated carbocycles. The van der Waals surface area contributed by atoms with E-state index >= 15 is 0 Å². The Balaban J connectivity index is 2.04. The van der Waals surface area contributed by atoms with Crippen LogP contribution >= 0.6 is 0 Å². The first-order valence-corrected chi connectivity index (χ1v) is 6.44. The summed E-state index contributed by atoms with van der Waals surface area (Å²) in [4.78, 5) is 13.9. The van der Waals surface area contributed by atoms with Crippen LogP contribution in [0.25, 0.3) is 0 Å². The summed E-state index contributed by atoms with van der Waals surface area (Å²) >= 11 is 0. The number of hydrogen-bond donors (Lipinski definition) is 0. The summed E-state index contributed by atoms with van der Waals surface area (Å²) in [7, 11) is 1.80. The van der Waals surface area contributed by atoms with Crippen molar-refractivity contribution in [2.45, 2.75) is 26.9 Å². The molecule has 0 atom stereocenters. The first-order chi connectivity index (χ1) is 9.10. The van der Waals surface area contributed by atoms with Crippen molar-refractivity contribution in [1.29, 1.82) is 0 Å². The molecular weight excluding hydrogens is 238 g/mol. The molecule has 1 aromatic heterocycles. The van der Waals surface area contributed by atoms with Gasteiger partial charge in [-0.15, -0.1) is 0 Å². The SMILES string of the molecule is CCn1ccc(CN(C)C(=O)c2ccc(C)cc2)n1. The Morgan fingerprint density at radius 3 is 2.53 bits per heavy atom. The van der Waals surface area contributed by atoms with Gasteiger partial charge in [-0.05, 0) is 32.0 Å².